The molecule has 0 aliphatic carbocycles. The van der Waals surface area contributed by atoms with E-state index >= 15 is 0 Å². The van der Waals surface area contributed by atoms with Crippen LogP contribution in [0.2, 0.25) is 5.02 Å². The molecule has 0 saturated carbocycles. The number of hydrogen-bond donors (Lipinski definition) is 1. The van der Waals surface area contributed by atoms with Gasteiger partial charge in [0.05, 0.1) is 5.56 Å². The van der Waals surface area contributed by atoms with Crippen LogP contribution in [0, 0.1) is 23.4 Å². The molecule has 1 N–H and O–H groups in total. The summed E-state index contributed by atoms with van der Waals surface area (Å²) < 4.78 is 40.2. The van der Waals surface area contributed by atoms with Crippen molar-refractivity contribution in [3.63, 3.8) is 0 Å². The number of benzene rings is 2. The van der Waals surface area contributed by atoms with E-state index in [9.17, 15) is 22.8 Å². The van der Waals surface area contributed by atoms with Crippen LogP contribution < -0.4 is 5.32 Å². The molecule has 27 heavy (non-hydrogen) atoms. The molecule has 3 rings (SSSR count). The molecule has 2 aromatic carbocycles. The molecule has 142 valence electrons. The van der Waals surface area contributed by atoms with Crippen LogP contribution in [0.3, 0.4) is 0 Å². The summed E-state index contributed by atoms with van der Waals surface area (Å²) in [6.07, 6.45) is 0.757. The van der Waals surface area contributed by atoms with E-state index in [2.05, 4.69) is 5.32 Å². The Bertz CT molecular complexity index is 883. The third kappa shape index (κ3) is 4.24. The fourth-order valence-electron chi connectivity index (χ4n) is 3.02. The number of piperidine rings is 1. The van der Waals surface area contributed by atoms with E-state index in [-0.39, 0.29) is 24.9 Å². The van der Waals surface area contributed by atoms with Gasteiger partial charge in [0.2, 0.25) is 5.91 Å². The summed E-state index contributed by atoms with van der Waals surface area (Å²) in [5.41, 5.74) is 0.0607. The van der Waals surface area contributed by atoms with E-state index < -0.39 is 28.9 Å². The predicted molar refractivity (Wildman–Crippen MR) is 95.0 cm³/mol. The van der Waals surface area contributed by atoms with Crippen molar-refractivity contribution in [2.45, 2.75) is 12.8 Å². The highest BCUT2D eigenvalue weighted by Crippen LogP contribution is 2.24. The first kappa shape index (κ1) is 19.2. The van der Waals surface area contributed by atoms with Gasteiger partial charge in [-0.15, -0.1) is 0 Å². The molecule has 1 aliphatic heterocycles. The van der Waals surface area contributed by atoms with Crippen molar-refractivity contribution in [1.82, 2.24) is 4.90 Å². The monoisotopic (exact) mass is 396 g/mol. The average molecular weight is 397 g/mol. The number of rotatable bonds is 3. The van der Waals surface area contributed by atoms with Gasteiger partial charge in [-0.25, -0.2) is 13.2 Å². The number of halogens is 4. The summed E-state index contributed by atoms with van der Waals surface area (Å²) in [7, 11) is 0. The molecule has 8 heteroatoms. The van der Waals surface area contributed by atoms with Gasteiger partial charge < -0.3 is 10.2 Å². The molecule has 0 radical (unpaired) electrons. The molecule has 4 nitrogen and oxygen atoms in total. The van der Waals surface area contributed by atoms with Gasteiger partial charge in [0, 0.05) is 29.7 Å². The van der Waals surface area contributed by atoms with Gasteiger partial charge in [-0.05, 0) is 43.2 Å². The van der Waals surface area contributed by atoms with Crippen molar-refractivity contribution in [3.8, 4) is 0 Å². The van der Waals surface area contributed by atoms with Crippen LogP contribution in [0.5, 0.6) is 0 Å². The summed E-state index contributed by atoms with van der Waals surface area (Å²) >= 11 is 5.88. The Kier molecular flexibility index (Phi) is 5.70. The highest BCUT2D eigenvalue weighted by Gasteiger charge is 2.30. The number of hydrogen-bond acceptors (Lipinski definition) is 2. The second-order valence-corrected chi connectivity index (χ2v) is 6.73. The Hall–Kier alpha value is -2.54. The highest BCUT2D eigenvalue weighted by molar-refractivity contribution is 6.30. The van der Waals surface area contributed by atoms with Gasteiger partial charge in [0.25, 0.3) is 5.91 Å². The fraction of sp³-hybridized carbons (Fsp3) is 0.263. The molecule has 0 unspecified atom stereocenters. The zero-order valence-corrected chi connectivity index (χ0v) is 14.9. The molecule has 2 amide bonds. The average Bonchev–Trinajstić information content (AvgIpc) is 2.66. The maximum atomic E-state index is 13.8. The maximum Gasteiger partial charge on any atom is 0.256 e. The van der Waals surface area contributed by atoms with E-state index in [4.69, 9.17) is 11.6 Å². The summed E-state index contributed by atoms with van der Waals surface area (Å²) in [4.78, 5) is 26.1. The summed E-state index contributed by atoms with van der Waals surface area (Å²) in [5.74, 6) is -5.75. The molecule has 2 aromatic rings. The minimum Gasteiger partial charge on any atom is -0.339 e. The first-order chi connectivity index (χ1) is 12.9. The Labute approximate surface area is 158 Å². The number of carbonyl (C=O) groups is 2. The molecule has 0 spiro atoms. The topological polar surface area (TPSA) is 49.4 Å². The molecule has 1 heterocycles. The van der Waals surface area contributed by atoms with E-state index in [0.717, 1.165) is 12.1 Å². The standard InChI is InChI=1S/C19H16ClF3N2O2/c20-12-2-1-3-13(10-12)24-18(26)11-6-8-25(9-7-11)19(27)14-4-5-15(21)17(23)16(14)22/h1-5,10-11H,6-9H2,(H,24,26). The van der Waals surface area contributed by atoms with Crippen molar-refractivity contribution < 1.29 is 22.8 Å². The first-order valence-electron chi connectivity index (χ1n) is 8.36. The largest absolute Gasteiger partial charge is 0.339 e. The van der Waals surface area contributed by atoms with Crippen LogP contribution in [-0.2, 0) is 4.79 Å². The minimum atomic E-state index is -1.67. The fourth-order valence-corrected chi connectivity index (χ4v) is 3.21. The lowest BCUT2D eigenvalue weighted by molar-refractivity contribution is -0.121. The molecule has 0 atom stereocenters. The number of nitrogens with one attached hydrogen (secondary N) is 1. The quantitative estimate of drug-likeness (QED) is 0.788. The van der Waals surface area contributed by atoms with Crippen LogP contribution in [0.25, 0.3) is 0 Å². The van der Waals surface area contributed by atoms with Gasteiger partial charge in [-0.3, -0.25) is 9.59 Å². The molecular weight excluding hydrogens is 381 g/mol. The smallest absolute Gasteiger partial charge is 0.256 e. The van der Waals surface area contributed by atoms with Gasteiger partial charge >= 0.3 is 0 Å². The normalized spacial score (nSPS) is 14.9. The number of nitrogens with zero attached hydrogens (tertiary/aromatic N) is 1. The van der Waals surface area contributed by atoms with Crippen molar-refractivity contribution >= 4 is 29.1 Å². The number of anilines is 1. The van der Waals surface area contributed by atoms with E-state index in [1.54, 1.807) is 24.3 Å². The van der Waals surface area contributed by atoms with E-state index in [1.807, 2.05) is 0 Å². The molecular formula is C19H16ClF3N2O2. The van der Waals surface area contributed by atoms with Gasteiger partial charge in [-0.2, -0.15) is 0 Å². The second kappa shape index (κ2) is 8.00. The predicted octanol–water partition coefficient (Wildman–Crippen LogP) is 4.25. The van der Waals surface area contributed by atoms with Crippen molar-refractivity contribution in [1.29, 1.82) is 0 Å². The summed E-state index contributed by atoms with van der Waals surface area (Å²) in [6.45, 7) is 0.426. The zero-order valence-electron chi connectivity index (χ0n) is 14.1. The van der Waals surface area contributed by atoms with Gasteiger partial charge in [0.15, 0.2) is 17.5 Å². The van der Waals surface area contributed by atoms with Crippen LogP contribution in [0.4, 0.5) is 18.9 Å². The zero-order chi connectivity index (χ0) is 19.6. The number of amides is 2. The van der Waals surface area contributed by atoms with Gasteiger partial charge in [-0.1, -0.05) is 17.7 Å². The summed E-state index contributed by atoms with van der Waals surface area (Å²) in [6, 6.07) is 8.40. The van der Waals surface area contributed by atoms with Crippen LogP contribution >= 0.6 is 11.6 Å². The lowest BCUT2D eigenvalue weighted by Crippen LogP contribution is -2.41. The minimum absolute atomic E-state index is 0.191. The maximum absolute atomic E-state index is 13.8. The molecule has 1 aliphatic rings. The van der Waals surface area contributed by atoms with Crippen LogP contribution in [-0.4, -0.2) is 29.8 Å². The SMILES string of the molecule is O=C(Nc1cccc(Cl)c1)C1CCN(C(=O)c2ccc(F)c(F)c2F)CC1. The Morgan fingerprint density at radius 1 is 1.04 bits per heavy atom. The molecule has 1 saturated heterocycles. The Morgan fingerprint density at radius 2 is 1.74 bits per heavy atom. The molecule has 0 bridgehead atoms. The van der Waals surface area contributed by atoms with Gasteiger partial charge in [0.1, 0.15) is 0 Å². The highest BCUT2D eigenvalue weighted by atomic mass is 35.5. The Morgan fingerprint density at radius 3 is 2.41 bits per heavy atom. The number of likely N-dealkylation sites (tertiary alicyclic amines) is 1. The van der Waals surface area contributed by atoms with Crippen molar-refractivity contribution in [2.75, 3.05) is 18.4 Å². The second-order valence-electron chi connectivity index (χ2n) is 6.29. The Balaban J connectivity index is 1.61. The third-order valence-electron chi connectivity index (χ3n) is 4.51. The lowest BCUT2D eigenvalue weighted by Gasteiger charge is -2.31. The molecule has 0 aromatic heterocycles. The van der Waals surface area contributed by atoms with E-state index in [1.165, 1.54) is 4.90 Å². The molecule has 1 fully saturated rings. The van der Waals surface area contributed by atoms with Crippen LogP contribution in [0.1, 0.15) is 23.2 Å². The van der Waals surface area contributed by atoms with E-state index in [0.29, 0.717) is 23.6 Å². The van der Waals surface area contributed by atoms with Crippen molar-refractivity contribution in [3.05, 3.63) is 64.4 Å². The van der Waals surface area contributed by atoms with Crippen LogP contribution in [0.15, 0.2) is 36.4 Å². The van der Waals surface area contributed by atoms with Crippen molar-refractivity contribution in [2.24, 2.45) is 5.92 Å². The first-order valence-corrected chi connectivity index (χ1v) is 8.74. The number of carbonyl (C=O) groups excluding carboxylic acids is 2. The lowest BCUT2D eigenvalue weighted by atomic mass is 9.95. The summed E-state index contributed by atoms with van der Waals surface area (Å²) in [5, 5.41) is 3.27. The third-order valence-corrected chi connectivity index (χ3v) is 4.75.